The first-order valence-electron chi connectivity index (χ1n) is 6.74. The van der Waals surface area contributed by atoms with Gasteiger partial charge in [0.1, 0.15) is 0 Å². The number of carbonyl (C=O) groups excluding carboxylic acids is 3. The van der Waals surface area contributed by atoms with Crippen LogP contribution in [0, 0.1) is 0 Å². The molecule has 22 heavy (non-hydrogen) atoms. The minimum absolute atomic E-state index is 0.0337. The molecule has 0 spiro atoms. The maximum Gasteiger partial charge on any atom is 0.308 e. The molecule has 0 aliphatic carbocycles. The maximum absolute atomic E-state index is 11.3. The van der Waals surface area contributed by atoms with Gasteiger partial charge in [0.05, 0.1) is 0 Å². The van der Waals surface area contributed by atoms with E-state index in [2.05, 4.69) is 0 Å². The molecule has 0 bridgehead atoms. The Morgan fingerprint density at radius 1 is 0.773 bits per heavy atom. The first kappa shape index (κ1) is 17.7. The van der Waals surface area contributed by atoms with Crippen LogP contribution >= 0.6 is 0 Å². The molecule has 1 aromatic rings. The Hall–Kier alpha value is -2.37. The molecule has 0 N–H and O–H groups in total. The van der Waals surface area contributed by atoms with E-state index in [0.717, 1.165) is 5.56 Å². The van der Waals surface area contributed by atoms with Crippen molar-refractivity contribution < 1.29 is 28.6 Å². The highest BCUT2D eigenvalue weighted by atomic mass is 16.6. The lowest BCUT2D eigenvalue weighted by Gasteiger charge is -2.22. The fourth-order valence-electron chi connectivity index (χ4n) is 1.72. The van der Waals surface area contributed by atoms with Crippen molar-refractivity contribution in [2.45, 2.75) is 47.0 Å². The van der Waals surface area contributed by atoms with Crippen molar-refractivity contribution in [2.75, 3.05) is 0 Å². The van der Waals surface area contributed by atoms with E-state index in [4.69, 9.17) is 14.2 Å². The van der Waals surface area contributed by atoms with Crippen molar-refractivity contribution in [1.82, 2.24) is 0 Å². The van der Waals surface area contributed by atoms with Crippen LogP contribution in [0.5, 0.6) is 17.2 Å². The minimum Gasteiger partial charge on any atom is -0.423 e. The van der Waals surface area contributed by atoms with Gasteiger partial charge in [-0.3, -0.25) is 14.4 Å². The maximum atomic E-state index is 11.3. The predicted octanol–water partition coefficient (Wildman–Crippen LogP) is 2.76. The van der Waals surface area contributed by atoms with Gasteiger partial charge in [-0.05, 0) is 23.1 Å². The number of benzene rings is 1. The number of esters is 3. The molecule has 0 aliphatic heterocycles. The molecule has 1 rings (SSSR count). The van der Waals surface area contributed by atoms with Gasteiger partial charge in [0, 0.05) is 20.8 Å². The first-order valence-corrected chi connectivity index (χ1v) is 6.74. The van der Waals surface area contributed by atoms with Crippen molar-refractivity contribution in [2.24, 2.45) is 0 Å². The van der Waals surface area contributed by atoms with Crippen LogP contribution in [-0.2, 0) is 19.8 Å². The molecular formula is C16H20O6. The molecular weight excluding hydrogens is 288 g/mol. The second-order valence-corrected chi connectivity index (χ2v) is 5.83. The Labute approximate surface area is 129 Å². The molecule has 0 fully saturated rings. The standard InChI is InChI=1S/C16H20O6/c1-9(17)20-13-7-12(16(4,5)6)8-14(21-10(2)18)15(13)22-11(3)19/h7-8H,1-6H3. The lowest BCUT2D eigenvalue weighted by atomic mass is 9.86. The zero-order valence-corrected chi connectivity index (χ0v) is 13.6. The Balaban J connectivity index is 3.55. The van der Waals surface area contributed by atoms with E-state index in [-0.39, 0.29) is 22.7 Å². The monoisotopic (exact) mass is 308 g/mol. The van der Waals surface area contributed by atoms with Crippen LogP contribution in [0.3, 0.4) is 0 Å². The summed E-state index contributed by atoms with van der Waals surface area (Å²) in [6, 6.07) is 3.18. The summed E-state index contributed by atoms with van der Waals surface area (Å²) in [5.74, 6) is -1.80. The first-order chi connectivity index (χ1) is 10.0. The number of hydrogen-bond donors (Lipinski definition) is 0. The Morgan fingerprint density at radius 2 is 1.14 bits per heavy atom. The van der Waals surface area contributed by atoms with Crippen LogP contribution in [0.4, 0.5) is 0 Å². The van der Waals surface area contributed by atoms with Crippen molar-refractivity contribution in [3.63, 3.8) is 0 Å². The quantitative estimate of drug-likeness (QED) is 0.631. The third-order valence-electron chi connectivity index (χ3n) is 2.64. The van der Waals surface area contributed by atoms with Gasteiger partial charge in [0.25, 0.3) is 0 Å². The normalized spacial score (nSPS) is 10.8. The zero-order valence-electron chi connectivity index (χ0n) is 13.6. The van der Waals surface area contributed by atoms with Crippen LogP contribution in [0.15, 0.2) is 12.1 Å². The molecule has 0 heterocycles. The number of rotatable bonds is 3. The summed E-state index contributed by atoms with van der Waals surface area (Å²) < 4.78 is 15.2. The number of ether oxygens (including phenoxy) is 3. The number of hydrogen-bond acceptors (Lipinski definition) is 6. The van der Waals surface area contributed by atoms with Crippen LogP contribution in [0.2, 0.25) is 0 Å². The fraction of sp³-hybridized carbons (Fsp3) is 0.438. The number of carbonyl (C=O) groups is 3. The average Bonchev–Trinajstić information content (AvgIpc) is 2.29. The van der Waals surface area contributed by atoms with E-state index >= 15 is 0 Å². The summed E-state index contributed by atoms with van der Waals surface area (Å²) in [5, 5.41) is 0. The summed E-state index contributed by atoms with van der Waals surface area (Å²) in [4.78, 5) is 33.8. The van der Waals surface area contributed by atoms with Crippen LogP contribution in [-0.4, -0.2) is 17.9 Å². The van der Waals surface area contributed by atoms with Gasteiger partial charge in [-0.2, -0.15) is 0 Å². The van der Waals surface area contributed by atoms with Gasteiger partial charge in [-0.15, -0.1) is 0 Å². The van der Waals surface area contributed by atoms with Gasteiger partial charge in [-0.25, -0.2) is 0 Å². The van der Waals surface area contributed by atoms with Crippen molar-refractivity contribution in [3.05, 3.63) is 17.7 Å². The highest BCUT2D eigenvalue weighted by Crippen LogP contribution is 2.42. The van der Waals surface area contributed by atoms with Gasteiger partial charge in [0.15, 0.2) is 11.5 Å². The Kier molecular flexibility index (Phi) is 5.30. The second kappa shape index (κ2) is 6.60. The van der Waals surface area contributed by atoms with Gasteiger partial charge in [-0.1, -0.05) is 20.8 Å². The van der Waals surface area contributed by atoms with E-state index in [0.29, 0.717) is 0 Å². The molecule has 6 nitrogen and oxygen atoms in total. The summed E-state index contributed by atoms with van der Waals surface area (Å²) in [7, 11) is 0. The van der Waals surface area contributed by atoms with Gasteiger partial charge >= 0.3 is 17.9 Å². The molecule has 0 aromatic heterocycles. The second-order valence-electron chi connectivity index (χ2n) is 5.83. The Morgan fingerprint density at radius 3 is 1.41 bits per heavy atom. The van der Waals surface area contributed by atoms with E-state index in [1.165, 1.54) is 20.8 Å². The van der Waals surface area contributed by atoms with Crippen LogP contribution in [0.25, 0.3) is 0 Å². The van der Waals surface area contributed by atoms with Gasteiger partial charge in [0.2, 0.25) is 5.75 Å². The lowest BCUT2D eigenvalue weighted by molar-refractivity contribution is -0.135. The van der Waals surface area contributed by atoms with E-state index in [9.17, 15) is 14.4 Å². The topological polar surface area (TPSA) is 78.9 Å². The molecule has 0 unspecified atom stereocenters. The fourth-order valence-corrected chi connectivity index (χ4v) is 1.72. The van der Waals surface area contributed by atoms with E-state index < -0.39 is 17.9 Å². The smallest absolute Gasteiger partial charge is 0.308 e. The van der Waals surface area contributed by atoms with Gasteiger partial charge < -0.3 is 14.2 Å². The average molecular weight is 308 g/mol. The lowest BCUT2D eigenvalue weighted by Crippen LogP contribution is -2.15. The zero-order chi connectivity index (χ0) is 17.1. The highest BCUT2D eigenvalue weighted by molar-refractivity contribution is 5.78. The Bertz CT molecular complexity index is 573. The van der Waals surface area contributed by atoms with Crippen LogP contribution in [0.1, 0.15) is 47.1 Å². The minimum atomic E-state index is -0.620. The van der Waals surface area contributed by atoms with Crippen molar-refractivity contribution >= 4 is 17.9 Å². The van der Waals surface area contributed by atoms with Crippen molar-refractivity contribution in [1.29, 1.82) is 0 Å². The van der Waals surface area contributed by atoms with Crippen LogP contribution < -0.4 is 14.2 Å². The largest absolute Gasteiger partial charge is 0.423 e. The summed E-state index contributed by atoms with van der Waals surface area (Å²) in [6.45, 7) is 9.50. The summed E-state index contributed by atoms with van der Waals surface area (Å²) in [6.07, 6.45) is 0. The molecule has 0 saturated carbocycles. The molecule has 0 saturated heterocycles. The SMILES string of the molecule is CC(=O)Oc1cc(C(C)(C)C)cc(OC(C)=O)c1OC(C)=O. The predicted molar refractivity (Wildman–Crippen MR) is 79.1 cm³/mol. The molecule has 0 aliphatic rings. The molecule has 0 atom stereocenters. The molecule has 120 valence electrons. The third-order valence-corrected chi connectivity index (χ3v) is 2.64. The summed E-state index contributed by atoms with van der Waals surface area (Å²) >= 11 is 0. The van der Waals surface area contributed by atoms with Crippen molar-refractivity contribution in [3.8, 4) is 17.2 Å². The van der Waals surface area contributed by atoms with E-state index in [1.54, 1.807) is 12.1 Å². The summed E-state index contributed by atoms with van der Waals surface area (Å²) in [5.41, 5.74) is 0.467. The molecule has 0 radical (unpaired) electrons. The highest BCUT2D eigenvalue weighted by Gasteiger charge is 2.24. The molecule has 1 aromatic carbocycles. The molecule has 0 amide bonds. The third kappa shape index (κ3) is 4.87. The van der Waals surface area contributed by atoms with E-state index in [1.807, 2.05) is 20.8 Å². The molecule has 6 heteroatoms.